The molecule has 2 rings (SSSR count). The molecular formula is C14H20N2O5S. The lowest BCUT2D eigenvalue weighted by atomic mass is 10.2. The summed E-state index contributed by atoms with van der Waals surface area (Å²) in [6, 6.07) is 4.25. The molecule has 1 aromatic rings. The Balaban J connectivity index is 2.20. The largest absolute Gasteiger partial charge is 0.495 e. The maximum atomic E-state index is 12.4. The van der Waals surface area contributed by atoms with Crippen molar-refractivity contribution in [3.05, 3.63) is 23.8 Å². The van der Waals surface area contributed by atoms with Crippen molar-refractivity contribution in [3.8, 4) is 5.75 Å². The third-order valence-corrected chi connectivity index (χ3v) is 5.02. The molecule has 0 spiro atoms. The quantitative estimate of drug-likeness (QED) is 0.739. The van der Waals surface area contributed by atoms with Gasteiger partial charge in [0.1, 0.15) is 10.6 Å². The summed E-state index contributed by atoms with van der Waals surface area (Å²) in [7, 11) is -1.09. The van der Waals surface area contributed by atoms with Crippen molar-refractivity contribution >= 4 is 16.0 Å². The van der Waals surface area contributed by atoms with E-state index < -0.39 is 16.0 Å². The van der Waals surface area contributed by atoms with E-state index in [1.165, 1.54) is 32.4 Å². The van der Waals surface area contributed by atoms with Crippen molar-refractivity contribution in [3.63, 3.8) is 0 Å². The first kappa shape index (κ1) is 16.7. The Morgan fingerprint density at radius 1 is 1.41 bits per heavy atom. The highest BCUT2D eigenvalue weighted by Crippen LogP contribution is 2.25. The molecule has 1 fully saturated rings. The molecule has 8 heteroatoms. The van der Waals surface area contributed by atoms with Gasteiger partial charge < -0.3 is 14.8 Å². The van der Waals surface area contributed by atoms with Crippen LogP contribution in [0.2, 0.25) is 0 Å². The summed E-state index contributed by atoms with van der Waals surface area (Å²) in [6.07, 6.45) is 1.99. The van der Waals surface area contributed by atoms with Crippen LogP contribution in [-0.4, -0.2) is 47.7 Å². The summed E-state index contributed by atoms with van der Waals surface area (Å²) in [4.78, 5) is 11.5. The van der Waals surface area contributed by atoms with Gasteiger partial charge in [-0.2, -0.15) is 0 Å². The zero-order valence-corrected chi connectivity index (χ0v) is 13.4. The summed E-state index contributed by atoms with van der Waals surface area (Å²) < 4.78 is 37.0. The van der Waals surface area contributed by atoms with E-state index in [1.807, 2.05) is 0 Å². The van der Waals surface area contributed by atoms with Gasteiger partial charge in [-0.15, -0.1) is 0 Å². The second kappa shape index (κ2) is 7.08. The van der Waals surface area contributed by atoms with Crippen LogP contribution in [0.4, 0.5) is 0 Å². The molecule has 0 amide bonds. The van der Waals surface area contributed by atoms with E-state index in [4.69, 9.17) is 4.74 Å². The summed E-state index contributed by atoms with van der Waals surface area (Å²) >= 11 is 0. The number of rotatable bonds is 6. The highest BCUT2D eigenvalue weighted by Gasteiger charge is 2.23. The van der Waals surface area contributed by atoms with E-state index in [0.717, 1.165) is 19.4 Å². The fourth-order valence-corrected chi connectivity index (χ4v) is 3.58. The topological polar surface area (TPSA) is 93.7 Å². The zero-order chi connectivity index (χ0) is 16.2. The predicted molar refractivity (Wildman–Crippen MR) is 80.5 cm³/mol. The van der Waals surface area contributed by atoms with E-state index in [9.17, 15) is 13.2 Å². The van der Waals surface area contributed by atoms with Crippen molar-refractivity contribution in [2.24, 2.45) is 0 Å². The molecule has 0 aromatic heterocycles. The van der Waals surface area contributed by atoms with E-state index >= 15 is 0 Å². The molecule has 1 unspecified atom stereocenters. The molecular weight excluding hydrogens is 308 g/mol. The van der Waals surface area contributed by atoms with Crippen molar-refractivity contribution in [2.45, 2.75) is 23.8 Å². The fourth-order valence-electron chi connectivity index (χ4n) is 2.35. The number of sulfonamides is 1. The first-order chi connectivity index (χ1) is 10.5. The standard InChI is InChI=1S/C14H20N2O5S/c1-20-12-8-10(14(17)21-2)5-6-13(12)22(18,19)16-9-11-4-3-7-15-11/h5-6,8,11,15-16H,3-4,7,9H2,1-2H3. The van der Waals surface area contributed by atoms with E-state index in [0.29, 0.717) is 6.54 Å². The second-order valence-electron chi connectivity index (χ2n) is 5.00. The minimum atomic E-state index is -3.71. The molecule has 0 radical (unpaired) electrons. The first-order valence-corrected chi connectivity index (χ1v) is 8.45. The van der Waals surface area contributed by atoms with Crippen LogP contribution in [-0.2, 0) is 14.8 Å². The normalized spacial score (nSPS) is 18.2. The molecule has 1 saturated heterocycles. The highest BCUT2D eigenvalue weighted by molar-refractivity contribution is 7.89. The number of hydrogen-bond acceptors (Lipinski definition) is 6. The Morgan fingerprint density at radius 2 is 2.18 bits per heavy atom. The summed E-state index contributed by atoms with van der Waals surface area (Å²) in [5.74, 6) is -0.444. The molecule has 1 aromatic carbocycles. The first-order valence-electron chi connectivity index (χ1n) is 6.97. The summed E-state index contributed by atoms with van der Waals surface area (Å²) in [6.45, 7) is 1.23. The lowest BCUT2D eigenvalue weighted by Gasteiger charge is -2.14. The van der Waals surface area contributed by atoms with Crippen LogP contribution < -0.4 is 14.8 Å². The van der Waals surface area contributed by atoms with Crippen LogP contribution in [0.25, 0.3) is 0 Å². The smallest absolute Gasteiger partial charge is 0.337 e. The van der Waals surface area contributed by atoms with Gasteiger partial charge in [0.15, 0.2) is 0 Å². The van der Waals surface area contributed by atoms with E-state index in [-0.39, 0.29) is 22.3 Å². The number of ether oxygens (including phenoxy) is 2. The number of carbonyl (C=O) groups is 1. The Kier molecular flexibility index (Phi) is 5.38. The van der Waals surface area contributed by atoms with Crippen LogP contribution in [0.3, 0.4) is 0 Å². The van der Waals surface area contributed by atoms with Gasteiger partial charge >= 0.3 is 5.97 Å². The summed E-state index contributed by atoms with van der Waals surface area (Å²) in [5, 5.41) is 3.22. The molecule has 22 heavy (non-hydrogen) atoms. The number of benzene rings is 1. The molecule has 1 aliphatic rings. The molecule has 1 aliphatic heterocycles. The zero-order valence-electron chi connectivity index (χ0n) is 12.6. The monoisotopic (exact) mass is 328 g/mol. The Labute approximate surface area is 130 Å². The minimum absolute atomic E-state index is 0.000602. The van der Waals surface area contributed by atoms with Gasteiger partial charge in [0.25, 0.3) is 0 Å². The number of nitrogens with one attached hydrogen (secondary N) is 2. The second-order valence-corrected chi connectivity index (χ2v) is 6.74. The molecule has 1 atom stereocenters. The van der Waals surface area contributed by atoms with Gasteiger partial charge in [0, 0.05) is 12.6 Å². The Bertz CT molecular complexity index is 639. The molecule has 7 nitrogen and oxygen atoms in total. The molecule has 0 bridgehead atoms. The number of esters is 1. The predicted octanol–water partition coefficient (Wildman–Crippen LogP) is 0.512. The van der Waals surface area contributed by atoms with Crippen LogP contribution in [0.5, 0.6) is 5.75 Å². The van der Waals surface area contributed by atoms with Gasteiger partial charge in [0.05, 0.1) is 19.8 Å². The number of hydrogen-bond donors (Lipinski definition) is 2. The average Bonchev–Trinajstić information content (AvgIpc) is 3.05. The van der Waals surface area contributed by atoms with Crippen LogP contribution in [0.15, 0.2) is 23.1 Å². The summed E-state index contributed by atoms with van der Waals surface area (Å²) in [5.41, 5.74) is 0.232. The molecule has 1 heterocycles. The van der Waals surface area contributed by atoms with Crippen molar-refractivity contribution < 1.29 is 22.7 Å². The highest BCUT2D eigenvalue weighted by atomic mass is 32.2. The van der Waals surface area contributed by atoms with Crippen LogP contribution in [0.1, 0.15) is 23.2 Å². The third kappa shape index (κ3) is 3.76. The lowest BCUT2D eigenvalue weighted by molar-refractivity contribution is 0.0600. The van der Waals surface area contributed by atoms with E-state index in [2.05, 4.69) is 14.8 Å². The van der Waals surface area contributed by atoms with Crippen LogP contribution >= 0.6 is 0 Å². The molecule has 122 valence electrons. The Morgan fingerprint density at radius 3 is 2.77 bits per heavy atom. The molecule has 0 aliphatic carbocycles. The van der Waals surface area contributed by atoms with Gasteiger partial charge in [-0.05, 0) is 37.6 Å². The maximum Gasteiger partial charge on any atom is 0.337 e. The van der Waals surface area contributed by atoms with Gasteiger partial charge in [0.2, 0.25) is 10.0 Å². The molecule has 2 N–H and O–H groups in total. The fraction of sp³-hybridized carbons (Fsp3) is 0.500. The number of carbonyl (C=O) groups excluding carboxylic acids is 1. The van der Waals surface area contributed by atoms with E-state index in [1.54, 1.807) is 0 Å². The average molecular weight is 328 g/mol. The van der Waals surface area contributed by atoms with Crippen molar-refractivity contribution in [1.82, 2.24) is 10.0 Å². The lowest BCUT2D eigenvalue weighted by Crippen LogP contribution is -2.37. The van der Waals surface area contributed by atoms with Gasteiger partial charge in [-0.25, -0.2) is 17.9 Å². The van der Waals surface area contributed by atoms with Crippen molar-refractivity contribution in [1.29, 1.82) is 0 Å². The Hall–Kier alpha value is -1.64. The van der Waals surface area contributed by atoms with Crippen LogP contribution in [0, 0.1) is 0 Å². The maximum absolute atomic E-state index is 12.4. The van der Waals surface area contributed by atoms with Gasteiger partial charge in [-0.3, -0.25) is 0 Å². The molecule has 0 saturated carbocycles. The van der Waals surface area contributed by atoms with Crippen molar-refractivity contribution in [2.75, 3.05) is 27.3 Å². The SMILES string of the molecule is COC(=O)c1ccc(S(=O)(=O)NCC2CCCN2)c(OC)c1. The minimum Gasteiger partial charge on any atom is -0.495 e. The van der Waals surface area contributed by atoms with Gasteiger partial charge in [-0.1, -0.05) is 0 Å². The number of methoxy groups -OCH3 is 2. The third-order valence-electron chi connectivity index (χ3n) is 3.56.